The molecule has 2 aliphatic heterocycles. The number of carbonyl (C=O) groups excluding carboxylic acids is 1. The van der Waals surface area contributed by atoms with Gasteiger partial charge in [0.1, 0.15) is 6.04 Å². The molecule has 7 nitrogen and oxygen atoms in total. The van der Waals surface area contributed by atoms with E-state index in [1.54, 1.807) is 6.92 Å². The number of piperazine rings is 1. The number of rotatable bonds is 4. The van der Waals surface area contributed by atoms with Crippen molar-refractivity contribution in [3.63, 3.8) is 0 Å². The maximum absolute atomic E-state index is 12.5. The van der Waals surface area contributed by atoms with Crippen molar-refractivity contribution in [2.45, 2.75) is 25.8 Å². The molecule has 0 saturated carbocycles. The van der Waals surface area contributed by atoms with E-state index in [0.717, 1.165) is 12.8 Å². The SMILES string of the molecule is CCOC(=O)C1CNCCN1S(=O)(=O)N1CCCC1. The first-order valence-corrected chi connectivity index (χ1v) is 8.11. The number of nitrogens with zero attached hydrogens (tertiary/aromatic N) is 2. The Labute approximate surface area is 114 Å². The van der Waals surface area contributed by atoms with Gasteiger partial charge in [-0.2, -0.15) is 17.0 Å². The summed E-state index contributed by atoms with van der Waals surface area (Å²) in [6.07, 6.45) is 1.77. The van der Waals surface area contributed by atoms with Gasteiger partial charge >= 0.3 is 5.97 Å². The van der Waals surface area contributed by atoms with Gasteiger partial charge < -0.3 is 10.1 Å². The Morgan fingerprint density at radius 3 is 2.63 bits per heavy atom. The molecule has 0 aromatic heterocycles. The van der Waals surface area contributed by atoms with Crippen LogP contribution in [0.2, 0.25) is 0 Å². The van der Waals surface area contributed by atoms with Gasteiger partial charge in [-0.15, -0.1) is 0 Å². The maximum atomic E-state index is 12.5. The first kappa shape index (κ1) is 14.7. The fraction of sp³-hybridized carbons (Fsp3) is 0.909. The minimum absolute atomic E-state index is 0.257. The number of ether oxygens (including phenoxy) is 1. The summed E-state index contributed by atoms with van der Waals surface area (Å²) in [5.74, 6) is -0.475. The highest BCUT2D eigenvalue weighted by Gasteiger charge is 2.41. The third-order valence-corrected chi connectivity index (χ3v) is 5.49. The van der Waals surface area contributed by atoms with E-state index in [1.165, 1.54) is 8.61 Å². The van der Waals surface area contributed by atoms with E-state index in [0.29, 0.717) is 32.7 Å². The van der Waals surface area contributed by atoms with Crippen molar-refractivity contribution < 1.29 is 17.9 Å². The second kappa shape index (κ2) is 6.17. The summed E-state index contributed by atoms with van der Waals surface area (Å²) in [5, 5.41) is 3.04. The summed E-state index contributed by atoms with van der Waals surface area (Å²) in [5.41, 5.74) is 0. The van der Waals surface area contributed by atoms with Gasteiger partial charge in [0.05, 0.1) is 6.61 Å². The lowest BCUT2D eigenvalue weighted by atomic mass is 10.2. The molecule has 0 aromatic carbocycles. The molecular formula is C11H21N3O4S. The van der Waals surface area contributed by atoms with Crippen LogP contribution in [0.4, 0.5) is 0 Å². The first-order valence-electron chi connectivity index (χ1n) is 6.71. The van der Waals surface area contributed by atoms with Gasteiger partial charge in [-0.25, -0.2) is 0 Å². The standard InChI is InChI=1S/C11H21N3O4S/c1-2-18-11(15)10-9-12-5-8-14(10)19(16,17)13-6-3-4-7-13/h10,12H,2-9H2,1H3. The molecule has 1 atom stereocenters. The molecule has 2 rings (SSSR count). The molecule has 0 bridgehead atoms. The van der Waals surface area contributed by atoms with Gasteiger partial charge in [0.2, 0.25) is 0 Å². The largest absolute Gasteiger partial charge is 0.465 e. The first-order chi connectivity index (χ1) is 9.07. The van der Waals surface area contributed by atoms with Gasteiger partial charge in [0.25, 0.3) is 10.2 Å². The Bertz CT molecular complexity index is 420. The topological polar surface area (TPSA) is 79.0 Å². The number of nitrogens with one attached hydrogen (secondary N) is 1. The summed E-state index contributed by atoms with van der Waals surface area (Å²) >= 11 is 0. The minimum atomic E-state index is -3.55. The predicted octanol–water partition coefficient (Wildman–Crippen LogP) is -0.836. The van der Waals surface area contributed by atoms with Crippen LogP contribution >= 0.6 is 0 Å². The fourth-order valence-corrected chi connectivity index (χ4v) is 4.29. The molecule has 2 heterocycles. The molecule has 2 fully saturated rings. The molecule has 110 valence electrons. The van der Waals surface area contributed by atoms with Crippen LogP contribution in [-0.4, -0.2) is 68.4 Å². The average Bonchev–Trinajstić information content (AvgIpc) is 2.93. The Morgan fingerprint density at radius 2 is 2.00 bits per heavy atom. The van der Waals surface area contributed by atoms with E-state index >= 15 is 0 Å². The molecule has 0 radical (unpaired) electrons. The van der Waals surface area contributed by atoms with E-state index in [9.17, 15) is 13.2 Å². The number of hydrogen-bond donors (Lipinski definition) is 1. The third-order valence-electron chi connectivity index (χ3n) is 3.44. The molecule has 2 saturated heterocycles. The monoisotopic (exact) mass is 291 g/mol. The molecule has 19 heavy (non-hydrogen) atoms. The zero-order valence-electron chi connectivity index (χ0n) is 11.2. The normalized spacial score (nSPS) is 26.5. The van der Waals surface area contributed by atoms with Gasteiger partial charge in [-0.05, 0) is 19.8 Å². The van der Waals surface area contributed by atoms with Gasteiger partial charge in [0, 0.05) is 32.7 Å². The highest BCUT2D eigenvalue weighted by atomic mass is 32.2. The number of esters is 1. The molecule has 8 heteroatoms. The van der Waals surface area contributed by atoms with Crippen LogP contribution in [0.3, 0.4) is 0 Å². The Balaban J connectivity index is 2.16. The summed E-state index contributed by atoms with van der Waals surface area (Å²) in [7, 11) is -3.55. The fourth-order valence-electron chi connectivity index (χ4n) is 2.47. The van der Waals surface area contributed by atoms with Crippen LogP contribution in [0, 0.1) is 0 Å². The zero-order valence-corrected chi connectivity index (χ0v) is 12.0. The lowest BCUT2D eigenvalue weighted by Crippen LogP contribution is -2.60. The Kier molecular flexibility index (Phi) is 4.77. The highest BCUT2D eigenvalue weighted by Crippen LogP contribution is 2.20. The number of carbonyl (C=O) groups is 1. The molecule has 1 unspecified atom stereocenters. The van der Waals surface area contributed by atoms with E-state index in [-0.39, 0.29) is 6.61 Å². The van der Waals surface area contributed by atoms with Crippen LogP contribution in [0.1, 0.15) is 19.8 Å². The summed E-state index contributed by atoms with van der Waals surface area (Å²) in [6.45, 7) is 4.24. The van der Waals surface area contributed by atoms with E-state index < -0.39 is 22.2 Å². The molecule has 2 aliphatic rings. The van der Waals surface area contributed by atoms with Crippen molar-refractivity contribution >= 4 is 16.2 Å². The molecule has 0 spiro atoms. The minimum Gasteiger partial charge on any atom is -0.465 e. The summed E-state index contributed by atoms with van der Waals surface area (Å²) < 4.78 is 32.8. The van der Waals surface area contributed by atoms with E-state index in [1.807, 2.05) is 0 Å². The van der Waals surface area contributed by atoms with Crippen LogP contribution in [-0.2, 0) is 19.7 Å². The van der Waals surface area contributed by atoms with Crippen molar-refractivity contribution in [2.24, 2.45) is 0 Å². The second-order valence-electron chi connectivity index (χ2n) is 4.70. The molecule has 1 N–H and O–H groups in total. The summed E-state index contributed by atoms with van der Waals surface area (Å²) in [4.78, 5) is 11.9. The highest BCUT2D eigenvalue weighted by molar-refractivity contribution is 7.86. The Morgan fingerprint density at radius 1 is 1.32 bits per heavy atom. The van der Waals surface area contributed by atoms with Crippen LogP contribution in [0.25, 0.3) is 0 Å². The van der Waals surface area contributed by atoms with Crippen molar-refractivity contribution in [1.82, 2.24) is 13.9 Å². The Hall–Kier alpha value is -0.700. The smallest absolute Gasteiger partial charge is 0.325 e. The van der Waals surface area contributed by atoms with Crippen molar-refractivity contribution in [1.29, 1.82) is 0 Å². The van der Waals surface area contributed by atoms with Crippen molar-refractivity contribution in [2.75, 3.05) is 39.3 Å². The third kappa shape index (κ3) is 3.07. The average molecular weight is 291 g/mol. The maximum Gasteiger partial charge on any atom is 0.325 e. The second-order valence-corrected chi connectivity index (χ2v) is 6.58. The van der Waals surface area contributed by atoms with E-state index in [2.05, 4.69) is 5.32 Å². The molecule has 0 aliphatic carbocycles. The van der Waals surface area contributed by atoms with Crippen LogP contribution in [0.5, 0.6) is 0 Å². The van der Waals surface area contributed by atoms with Crippen molar-refractivity contribution in [3.8, 4) is 0 Å². The van der Waals surface area contributed by atoms with Gasteiger partial charge in [0.15, 0.2) is 0 Å². The molecular weight excluding hydrogens is 270 g/mol. The quantitative estimate of drug-likeness (QED) is 0.684. The van der Waals surface area contributed by atoms with Gasteiger partial charge in [-0.1, -0.05) is 0 Å². The summed E-state index contributed by atoms with van der Waals surface area (Å²) in [6, 6.07) is -0.751. The lowest BCUT2D eigenvalue weighted by molar-refractivity contribution is -0.148. The number of hydrogen-bond acceptors (Lipinski definition) is 5. The van der Waals surface area contributed by atoms with Crippen LogP contribution < -0.4 is 5.32 Å². The van der Waals surface area contributed by atoms with Crippen LogP contribution in [0.15, 0.2) is 0 Å². The zero-order chi connectivity index (χ0) is 13.9. The lowest BCUT2D eigenvalue weighted by Gasteiger charge is -2.35. The molecule has 0 amide bonds. The van der Waals surface area contributed by atoms with Gasteiger partial charge in [-0.3, -0.25) is 4.79 Å². The van der Waals surface area contributed by atoms with Crippen molar-refractivity contribution in [3.05, 3.63) is 0 Å². The predicted molar refractivity (Wildman–Crippen MR) is 69.7 cm³/mol. The van der Waals surface area contributed by atoms with E-state index in [4.69, 9.17) is 4.74 Å². The molecule has 0 aromatic rings.